The predicted octanol–water partition coefficient (Wildman–Crippen LogP) is 4.01. The van der Waals surface area contributed by atoms with E-state index in [0.29, 0.717) is 12.6 Å². The van der Waals surface area contributed by atoms with Crippen molar-refractivity contribution in [2.24, 2.45) is 0 Å². The fraction of sp³-hybridized carbons (Fsp3) is 0.471. The molecule has 0 amide bonds. The van der Waals surface area contributed by atoms with E-state index >= 15 is 0 Å². The van der Waals surface area contributed by atoms with Crippen LogP contribution in [0.4, 0.5) is 0 Å². The largest absolute Gasteiger partial charge is 0.310 e. The molecule has 114 valence electrons. The fourth-order valence-electron chi connectivity index (χ4n) is 2.39. The number of rotatable bonds is 5. The molecule has 1 aromatic carbocycles. The maximum Gasteiger partial charge on any atom is 0.0677 e. The van der Waals surface area contributed by atoms with Crippen LogP contribution in [0.15, 0.2) is 18.2 Å². The molecule has 2 aromatic rings. The summed E-state index contributed by atoms with van der Waals surface area (Å²) in [5.41, 5.74) is 5.86. The molecule has 21 heavy (non-hydrogen) atoms. The van der Waals surface area contributed by atoms with E-state index in [-0.39, 0.29) is 0 Å². The number of aromatic nitrogens is 2. The Morgan fingerprint density at radius 3 is 2.57 bits per heavy atom. The van der Waals surface area contributed by atoms with Gasteiger partial charge in [0.1, 0.15) is 0 Å². The van der Waals surface area contributed by atoms with Crippen molar-refractivity contribution in [2.75, 3.05) is 0 Å². The first-order valence-corrected chi connectivity index (χ1v) is 7.77. The number of halogens is 1. The summed E-state index contributed by atoms with van der Waals surface area (Å²) in [4.78, 5) is 0. The fourth-order valence-corrected chi connectivity index (χ4v) is 2.69. The van der Waals surface area contributed by atoms with Gasteiger partial charge in [-0.2, -0.15) is 5.10 Å². The summed E-state index contributed by atoms with van der Waals surface area (Å²) in [6.07, 6.45) is 0. The lowest BCUT2D eigenvalue weighted by Gasteiger charge is -2.10. The van der Waals surface area contributed by atoms with Crippen LogP contribution in [0.5, 0.6) is 0 Å². The van der Waals surface area contributed by atoms with Crippen molar-refractivity contribution in [3.05, 3.63) is 51.3 Å². The molecule has 0 aliphatic rings. The Hall–Kier alpha value is -1.32. The summed E-state index contributed by atoms with van der Waals surface area (Å²) in [5, 5.41) is 8.93. The molecule has 2 rings (SSSR count). The van der Waals surface area contributed by atoms with Crippen molar-refractivity contribution >= 4 is 11.6 Å². The lowest BCUT2D eigenvalue weighted by Crippen LogP contribution is -2.22. The van der Waals surface area contributed by atoms with Crippen LogP contribution in [0.25, 0.3) is 0 Å². The van der Waals surface area contributed by atoms with Crippen LogP contribution >= 0.6 is 11.6 Å². The number of aryl methyl sites for hydroxylation is 2. The number of hydrogen-bond donors (Lipinski definition) is 1. The third-order valence-electron chi connectivity index (χ3n) is 3.75. The average Bonchev–Trinajstić information content (AvgIpc) is 2.65. The van der Waals surface area contributed by atoms with Gasteiger partial charge in [0.15, 0.2) is 0 Å². The van der Waals surface area contributed by atoms with Gasteiger partial charge in [-0.3, -0.25) is 4.68 Å². The number of hydrogen-bond acceptors (Lipinski definition) is 2. The quantitative estimate of drug-likeness (QED) is 0.904. The lowest BCUT2D eigenvalue weighted by atomic mass is 10.1. The van der Waals surface area contributed by atoms with Crippen LogP contribution in [0.2, 0.25) is 5.02 Å². The van der Waals surface area contributed by atoms with Crippen LogP contribution < -0.4 is 5.32 Å². The van der Waals surface area contributed by atoms with Crippen LogP contribution in [0.1, 0.15) is 41.9 Å². The van der Waals surface area contributed by atoms with Crippen molar-refractivity contribution in [1.82, 2.24) is 15.1 Å². The summed E-state index contributed by atoms with van der Waals surface area (Å²) >= 11 is 6.33. The van der Waals surface area contributed by atoms with Gasteiger partial charge in [-0.1, -0.05) is 37.6 Å². The molecule has 0 aliphatic carbocycles. The van der Waals surface area contributed by atoms with Crippen molar-refractivity contribution in [3.8, 4) is 0 Å². The highest BCUT2D eigenvalue weighted by Crippen LogP contribution is 2.21. The van der Waals surface area contributed by atoms with E-state index in [1.807, 2.05) is 10.7 Å². The van der Waals surface area contributed by atoms with E-state index < -0.39 is 0 Å². The van der Waals surface area contributed by atoms with E-state index in [1.54, 1.807) is 0 Å². The van der Waals surface area contributed by atoms with Crippen LogP contribution in [0, 0.1) is 20.8 Å². The molecule has 0 radical (unpaired) electrons. The van der Waals surface area contributed by atoms with Gasteiger partial charge in [0.25, 0.3) is 0 Å². The summed E-state index contributed by atoms with van der Waals surface area (Å²) in [6, 6.07) is 6.65. The Balaban J connectivity index is 2.23. The molecule has 1 heterocycles. The van der Waals surface area contributed by atoms with Crippen molar-refractivity contribution in [3.63, 3.8) is 0 Å². The van der Waals surface area contributed by atoms with E-state index in [4.69, 9.17) is 11.6 Å². The summed E-state index contributed by atoms with van der Waals surface area (Å²) in [5.74, 6) is 0. The topological polar surface area (TPSA) is 29.9 Å². The number of nitrogens with one attached hydrogen (secondary N) is 1. The minimum absolute atomic E-state index is 0.471. The molecular weight excluding hydrogens is 282 g/mol. The maximum absolute atomic E-state index is 6.33. The second kappa shape index (κ2) is 6.63. The maximum atomic E-state index is 6.33. The summed E-state index contributed by atoms with van der Waals surface area (Å²) < 4.78 is 2.04. The minimum atomic E-state index is 0.471. The third kappa shape index (κ3) is 3.86. The van der Waals surface area contributed by atoms with E-state index in [2.05, 4.69) is 57.2 Å². The highest BCUT2D eigenvalue weighted by atomic mass is 35.5. The Labute approximate surface area is 132 Å². The Morgan fingerprint density at radius 1 is 1.24 bits per heavy atom. The number of nitrogens with zero attached hydrogens (tertiary/aromatic N) is 2. The Morgan fingerprint density at radius 2 is 1.95 bits per heavy atom. The van der Waals surface area contributed by atoms with Crippen LogP contribution in [-0.2, 0) is 13.1 Å². The van der Waals surface area contributed by atoms with Crippen molar-refractivity contribution in [1.29, 1.82) is 0 Å². The predicted molar refractivity (Wildman–Crippen MR) is 89.0 cm³/mol. The van der Waals surface area contributed by atoms with Gasteiger partial charge in [0.05, 0.1) is 12.2 Å². The van der Waals surface area contributed by atoms with Gasteiger partial charge in [0.2, 0.25) is 0 Å². The SMILES string of the molecule is Cc1ccc(Cn2nc(C)c(CNC(C)C)c2C)c(Cl)c1. The van der Waals surface area contributed by atoms with Gasteiger partial charge >= 0.3 is 0 Å². The summed E-state index contributed by atoms with van der Waals surface area (Å²) in [6.45, 7) is 12.1. The second-order valence-corrected chi connectivity index (χ2v) is 6.34. The molecule has 0 saturated carbocycles. The smallest absolute Gasteiger partial charge is 0.0677 e. The van der Waals surface area contributed by atoms with Crippen molar-refractivity contribution in [2.45, 2.75) is 53.8 Å². The molecule has 1 aromatic heterocycles. The standard InChI is InChI=1S/C17H24ClN3/c1-11(2)19-9-16-13(4)20-21(14(16)5)10-15-7-6-12(3)8-17(15)18/h6-8,11,19H,9-10H2,1-5H3. The first kappa shape index (κ1) is 16.1. The zero-order valence-electron chi connectivity index (χ0n) is 13.5. The molecule has 0 saturated heterocycles. The Bertz CT molecular complexity index is 629. The molecule has 0 aliphatic heterocycles. The molecule has 0 bridgehead atoms. The summed E-state index contributed by atoms with van der Waals surface area (Å²) in [7, 11) is 0. The van der Waals surface area contributed by atoms with Gasteiger partial charge < -0.3 is 5.32 Å². The molecule has 0 unspecified atom stereocenters. The first-order valence-electron chi connectivity index (χ1n) is 7.39. The molecular formula is C17H24ClN3. The van der Waals surface area contributed by atoms with Crippen molar-refractivity contribution < 1.29 is 0 Å². The highest BCUT2D eigenvalue weighted by Gasteiger charge is 2.13. The average molecular weight is 306 g/mol. The van der Waals surface area contributed by atoms with Gasteiger partial charge in [-0.05, 0) is 38.0 Å². The number of benzene rings is 1. The normalized spacial score (nSPS) is 11.4. The Kier molecular flexibility index (Phi) is 5.07. The molecule has 4 heteroatoms. The molecule has 0 spiro atoms. The van der Waals surface area contributed by atoms with E-state index in [9.17, 15) is 0 Å². The monoisotopic (exact) mass is 305 g/mol. The van der Waals surface area contributed by atoms with E-state index in [0.717, 1.165) is 22.8 Å². The van der Waals surface area contributed by atoms with Gasteiger partial charge in [-0.15, -0.1) is 0 Å². The lowest BCUT2D eigenvalue weighted by molar-refractivity contribution is 0.584. The zero-order valence-corrected chi connectivity index (χ0v) is 14.3. The third-order valence-corrected chi connectivity index (χ3v) is 4.10. The van der Waals surface area contributed by atoms with Gasteiger partial charge in [-0.25, -0.2) is 0 Å². The zero-order chi connectivity index (χ0) is 15.6. The molecule has 3 nitrogen and oxygen atoms in total. The van der Waals surface area contributed by atoms with Crippen LogP contribution in [0.3, 0.4) is 0 Å². The molecule has 1 N–H and O–H groups in total. The van der Waals surface area contributed by atoms with Gasteiger partial charge in [0, 0.05) is 28.9 Å². The van der Waals surface area contributed by atoms with Crippen LogP contribution in [-0.4, -0.2) is 15.8 Å². The highest BCUT2D eigenvalue weighted by molar-refractivity contribution is 6.31. The molecule has 0 atom stereocenters. The molecule has 0 fully saturated rings. The van der Waals surface area contributed by atoms with E-state index in [1.165, 1.54) is 16.8 Å². The second-order valence-electron chi connectivity index (χ2n) is 5.94. The minimum Gasteiger partial charge on any atom is -0.310 e. The first-order chi connectivity index (χ1) is 9.88.